The van der Waals surface area contributed by atoms with Gasteiger partial charge in [-0.3, -0.25) is 0 Å². The maximum atomic E-state index is 13.6. The van der Waals surface area contributed by atoms with E-state index in [-0.39, 0.29) is 14.9 Å². The monoisotopic (exact) mass is 389 g/mol. The van der Waals surface area contributed by atoms with Crippen molar-refractivity contribution in [2.75, 3.05) is 6.61 Å². The second-order valence-electron chi connectivity index (χ2n) is 5.50. The molecule has 0 radical (unpaired) electrons. The van der Waals surface area contributed by atoms with Gasteiger partial charge in [0.05, 0.1) is 16.5 Å². The van der Waals surface area contributed by atoms with Crippen molar-refractivity contribution in [1.82, 2.24) is 4.72 Å². The molecule has 1 aliphatic rings. The van der Waals surface area contributed by atoms with E-state index in [9.17, 15) is 12.8 Å². The van der Waals surface area contributed by atoms with Gasteiger partial charge < -0.3 is 4.74 Å². The van der Waals surface area contributed by atoms with Crippen molar-refractivity contribution in [3.63, 3.8) is 0 Å². The minimum atomic E-state index is -3.79. The molecule has 0 bridgehead atoms. The summed E-state index contributed by atoms with van der Waals surface area (Å²) in [7, 11) is -3.79. The van der Waals surface area contributed by atoms with Gasteiger partial charge in [-0.15, -0.1) is 0 Å². The molecule has 3 rings (SSSR count). The topological polar surface area (TPSA) is 55.4 Å². The molecule has 1 N–H and O–H groups in total. The zero-order chi connectivity index (χ0) is 17.5. The van der Waals surface area contributed by atoms with Crippen LogP contribution >= 0.6 is 23.2 Å². The Morgan fingerprint density at radius 3 is 2.71 bits per heavy atom. The van der Waals surface area contributed by atoms with Gasteiger partial charge in [0.2, 0.25) is 10.0 Å². The van der Waals surface area contributed by atoms with Crippen LogP contribution in [-0.2, 0) is 16.4 Å². The van der Waals surface area contributed by atoms with E-state index in [1.54, 1.807) is 19.1 Å². The van der Waals surface area contributed by atoms with Crippen molar-refractivity contribution >= 4 is 33.2 Å². The van der Waals surface area contributed by atoms with Gasteiger partial charge in [-0.1, -0.05) is 23.2 Å². The molecular weight excluding hydrogens is 376 g/mol. The van der Waals surface area contributed by atoms with E-state index in [1.165, 1.54) is 12.1 Å². The highest BCUT2D eigenvalue weighted by molar-refractivity contribution is 7.89. The summed E-state index contributed by atoms with van der Waals surface area (Å²) in [5.74, 6) is 0.0432. The summed E-state index contributed by atoms with van der Waals surface area (Å²) in [6.07, 6.45) is 0.669. The molecular formula is C16H14Cl2FNO3S. The number of benzene rings is 2. The molecule has 1 aliphatic heterocycles. The molecule has 0 saturated carbocycles. The summed E-state index contributed by atoms with van der Waals surface area (Å²) in [5.41, 5.74) is 1.16. The fourth-order valence-corrected chi connectivity index (χ4v) is 4.38. The number of hydrogen-bond donors (Lipinski definition) is 1. The number of rotatable bonds is 4. The van der Waals surface area contributed by atoms with Crippen molar-refractivity contribution < 1.29 is 17.5 Å². The lowest BCUT2D eigenvalue weighted by atomic mass is 10.1. The van der Waals surface area contributed by atoms with E-state index < -0.39 is 21.9 Å². The predicted molar refractivity (Wildman–Crippen MR) is 90.8 cm³/mol. The molecule has 128 valence electrons. The number of ether oxygens (including phenoxy) is 1. The lowest BCUT2D eigenvalue weighted by Gasteiger charge is -2.17. The van der Waals surface area contributed by atoms with Gasteiger partial charge in [-0.2, -0.15) is 0 Å². The molecule has 1 heterocycles. The highest BCUT2D eigenvalue weighted by atomic mass is 35.5. The van der Waals surface area contributed by atoms with Crippen molar-refractivity contribution in [2.24, 2.45) is 0 Å². The fraction of sp³-hybridized carbons (Fsp3) is 0.250. The van der Waals surface area contributed by atoms with E-state index in [2.05, 4.69) is 4.72 Å². The lowest BCUT2D eigenvalue weighted by molar-refractivity contribution is 0.356. The van der Waals surface area contributed by atoms with Gasteiger partial charge in [-0.05, 0) is 48.4 Å². The third-order valence-corrected chi connectivity index (χ3v) is 5.96. The van der Waals surface area contributed by atoms with E-state index in [0.717, 1.165) is 11.6 Å². The van der Waals surface area contributed by atoms with Crippen molar-refractivity contribution in [2.45, 2.75) is 24.3 Å². The summed E-state index contributed by atoms with van der Waals surface area (Å²) in [6.45, 7) is 2.13. The number of halogens is 3. The molecule has 0 aromatic heterocycles. The van der Waals surface area contributed by atoms with Gasteiger partial charge in [0.25, 0.3) is 0 Å². The van der Waals surface area contributed by atoms with E-state index in [0.29, 0.717) is 24.3 Å². The number of nitrogens with one attached hydrogen (secondary N) is 1. The second-order valence-corrected chi connectivity index (χ2v) is 8.03. The molecule has 1 unspecified atom stereocenters. The average Bonchev–Trinajstić information content (AvgIpc) is 2.97. The van der Waals surface area contributed by atoms with Crippen molar-refractivity contribution in [3.05, 3.63) is 57.3 Å². The van der Waals surface area contributed by atoms with Gasteiger partial charge in [0.15, 0.2) is 0 Å². The molecule has 8 heteroatoms. The third kappa shape index (κ3) is 3.37. The molecule has 2 aromatic rings. The van der Waals surface area contributed by atoms with Crippen LogP contribution in [0.15, 0.2) is 35.2 Å². The Hall–Kier alpha value is -1.34. The van der Waals surface area contributed by atoms with Crippen LogP contribution in [-0.4, -0.2) is 15.0 Å². The first-order valence-corrected chi connectivity index (χ1v) is 9.44. The maximum absolute atomic E-state index is 13.6. The van der Waals surface area contributed by atoms with Gasteiger partial charge in [-0.25, -0.2) is 17.5 Å². The van der Waals surface area contributed by atoms with Crippen molar-refractivity contribution in [1.29, 1.82) is 0 Å². The Morgan fingerprint density at radius 1 is 1.21 bits per heavy atom. The molecule has 0 spiro atoms. The number of fused-ring (bicyclic) bond motifs is 1. The smallest absolute Gasteiger partial charge is 0.241 e. The summed E-state index contributed by atoms with van der Waals surface area (Å²) in [4.78, 5) is 0.129. The van der Waals surface area contributed by atoms with Crippen molar-refractivity contribution in [3.8, 4) is 5.75 Å². The Bertz CT molecular complexity index is 902. The first-order chi connectivity index (χ1) is 11.3. The Morgan fingerprint density at radius 2 is 1.96 bits per heavy atom. The summed E-state index contributed by atoms with van der Waals surface area (Å²) < 4.78 is 46.6. The summed E-state index contributed by atoms with van der Waals surface area (Å²) in [5, 5.41) is 0.0800. The van der Waals surface area contributed by atoms with E-state index >= 15 is 0 Å². The molecule has 1 atom stereocenters. The highest BCUT2D eigenvalue weighted by Gasteiger charge is 2.23. The van der Waals surface area contributed by atoms with Gasteiger partial charge in [0.1, 0.15) is 11.6 Å². The number of sulfonamides is 1. The van der Waals surface area contributed by atoms with Crippen LogP contribution in [0.3, 0.4) is 0 Å². The molecule has 0 fully saturated rings. The Labute approximate surface area is 149 Å². The fourth-order valence-electron chi connectivity index (χ4n) is 2.56. The molecule has 0 amide bonds. The lowest BCUT2D eigenvalue weighted by Crippen LogP contribution is -2.27. The first kappa shape index (κ1) is 17.5. The maximum Gasteiger partial charge on any atom is 0.241 e. The van der Waals surface area contributed by atoms with Crippen LogP contribution in [0.2, 0.25) is 10.0 Å². The molecule has 24 heavy (non-hydrogen) atoms. The van der Waals surface area contributed by atoms with Gasteiger partial charge in [0, 0.05) is 17.5 Å². The molecule has 0 saturated heterocycles. The largest absolute Gasteiger partial charge is 0.493 e. The standard InChI is InChI=1S/C16H14Cl2FNO3S/c1-9(12-7-15(19)14(18)8-13(12)17)20-24(21,22)11-2-3-16-10(6-11)4-5-23-16/h2-3,6-9,20H,4-5H2,1H3. The van der Waals surface area contributed by atoms with Crippen LogP contribution < -0.4 is 9.46 Å². The summed E-state index contributed by atoms with van der Waals surface area (Å²) >= 11 is 11.7. The minimum Gasteiger partial charge on any atom is -0.493 e. The third-order valence-electron chi connectivity index (χ3n) is 3.81. The highest BCUT2D eigenvalue weighted by Crippen LogP contribution is 2.31. The number of hydrogen-bond acceptors (Lipinski definition) is 3. The molecule has 4 nitrogen and oxygen atoms in total. The molecule has 0 aliphatic carbocycles. The SMILES string of the molecule is CC(NS(=O)(=O)c1ccc2c(c1)CCO2)c1cc(F)c(Cl)cc1Cl. The Kier molecular flexibility index (Phi) is 4.75. The van der Waals surface area contributed by atoms with E-state index in [4.69, 9.17) is 27.9 Å². The van der Waals surface area contributed by atoms with Crippen LogP contribution in [0.5, 0.6) is 5.75 Å². The average molecular weight is 390 g/mol. The van der Waals surface area contributed by atoms with Crippen LogP contribution in [0.25, 0.3) is 0 Å². The minimum absolute atomic E-state index is 0.113. The second kappa shape index (κ2) is 6.52. The quantitative estimate of drug-likeness (QED) is 0.800. The van der Waals surface area contributed by atoms with Crippen LogP contribution in [0.1, 0.15) is 24.1 Å². The zero-order valence-electron chi connectivity index (χ0n) is 12.6. The Balaban J connectivity index is 1.88. The zero-order valence-corrected chi connectivity index (χ0v) is 15.0. The predicted octanol–water partition coefficient (Wildman–Crippen LogP) is 4.11. The normalized spacial score (nSPS) is 15.0. The van der Waals surface area contributed by atoms with E-state index in [1.807, 2.05) is 0 Å². The molecule has 2 aromatic carbocycles. The van der Waals surface area contributed by atoms with Crippen LogP contribution in [0, 0.1) is 5.82 Å². The van der Waals surface area contributed by atoms with Gasteiger partial charge >= 0.3 is 0 Å². The van der Waals surface area contributed by atoms with Crippen LogP contribution in [0.4, 0.5) is 4.39 Å². The first-order valence-electron chi connectivity index (χ1n) is 7.20. The summed E-state index contributed by atoms with van der Waals surface area (Å²) in [6, 6.07) is 6.36.